The monoisotopic (exact) mass is 336 g/mol. The lowest BCUT2D eigenvalue weighted by Gasteiger charge is -2.34. The van der Waals surface area contributed by atoms with Gasteiger partial charge in [-0.05, 0) is 52.3 Å². The highest BCUT2D eigenvalue weighted by molar-refractivity contribution is 5.89. The Morgan fingerprint density at radius 2 is 2.00 bits per heavy atom. The van der Waals surface area contributed by atoms with Crippen LogP contribution in [-0.2, 0) is 19.1 Å². The predicted molar refractivity (Wildman–Crippen MR) is 93.5 cm³/mol. The van der Waals surface area contributed by atoms with Gasteiger partial charge < -0.3 is 15.2 Å². The summed E-state index contributed by atoms with van der Waals surface area (Å²) >= 11 is 0. The zero-order chi connectivity index (χ0) is 18.4. The quantitative estimate of drug-likeness (QED) is 0.753. The van der Waals surface area contributed by atoms with E-state index in [9.17, 15) is 9.59 Å². The lowest BCUT2D eigenvalue weighted by molar-refractivity contribution is -0.162. The first-order chi connectivity index (χ1) is 11.1. The summed E-state index contributed by atoms with van der Waals surface area (Å²) in [5, 5.41) is 0. The molecule has 0 amide bonds. The van der Waals surface area contributed by atoms with Crippen molar-refractivity contribution in [3.63, 3.8) is 0 Å². The number of rotatable bonds is 6. The topological polar surface area (TPSA) is 91.0 Å². The minimum Gasteiger partial charge on any atom is -0.466 e. The number of carbonyl (C=O) groups excluding carboxylic acids is 2. The van der Waals surface area contributed by atoms with Crippen LogP contribution >= 0.6 is 0 Å². The second-order valence-corrected chi connectivity index (χ2v) is 6.72. The second kappa shape index (κ2) is 8.13. The summed E-state index contributed by atoms with van der Waals surface area (Å²) in [5.41, 5.74) is 4.33. The van der Waals surface area contributed by atoms with Gasteiger partial charge in [-0.3, -0.25) is 9.79 Å². The molecule has 6 nitrogen and oxygen atoms in total. The van der Waals surface area contributed by atoms with Gasteiger partial charge in [-0.25, -0.2) is 4.79 Å². The Kier molecular flexibility index (Phi) is 6.75. The Hall–Kier alpha value is -2.11. The van der Waals surface area contributed by atoms with Crippen molar-refractivity contribution in [3.8, 4) is 0 Å². The van der Waals surface area contributed by atoms with Gasteiger partial charge >= 0.3 is 11.9 Å². The molecule has 0 aromatic heterocycles. The Morgan fingerprint density at radius 3 is 2.54 bits per heavy atom. The molecule has 0 radical (unpaired) electrons. The summed E-state index contributed by atoms with van der Waals surface area (Å²) in [7, 11) is 0. The first kappa shape index (κ1) is 19.9. The average Bonchev–Trinajstić information content (AvgIpc) is 2.66. The minimum absolute atomic E-state index is 0.0746. The normalized spacial score (nSPS) is 21.6. The summed E-state index contributed by atoms with van der Waals surface area (Å²) < 4.78 is 10.6. The third-order valence-corrected chi connectivity index (χ3v) is 3.64. The van der Waals surface area contributed by atoms with Crippen LogP contribution in [0.2, 0.25) is 0 Å². The predicted octanol–water partition coefficient (Wildman–Crippen LogP) is 2.53. The molecule has 0 spiro atoms. The third kappa shape index (κ3) is 5.22. The molecule has 2 unspecified atom stereocenters. The number of nitrogens with zero attached hydrogens (tertiary/aromatic N) is 1. The SMILES string of the molecule is CCOC(=O)CC(CC)C1(C(=O)OC(C)(C)C)C=CC(N)=CC=N1. The molecule has 1 aliphatic rings. The Bertz CT molecular complexity index is 558. The first-order valence-corrected chi connectivity index (χ1v) is 8.24. The standard InChI is InChI=1S/C18H28N2O4/c1-6-13(12-15(21)23-7-2)18(16(22)24-17(3,4)5)10-8-14(19)9-11-20-18/h8-11,13H,6-7,12,19H2,1-5H3. The van der Waals surface area contributed by atoms with Gasteiger partial charge in [0.1, 0.15) is 5.60 Å². The molecule has 0 aromatic carbocycles. The molecule has 0 bridgehead atoms. The highest BCUT2D eigenvalue weighted by atomic mass is 16.6. The van der Waals surface area contributed by atoms with Gasteiger partial charge in [-0.15, -0.1) is 0 Å². The summed E-state index contributed by atoms with van der Waals surface area (Å²) in [4.78, 5) is 29.3. The number of hydrogen-bond donors (Lipinski definition) is 1. The molecule has 134 valence electrons. The summed E-state index contributed by atoms with van der Waals surface area (Å²) in [6.07, 6.45) is 6.99. The van der Waals surface area contributed by atoms with Crippen LogP contribution in [0.25, 0.3) is 0 Å². The smallest absolute Gasteiger partial charge is 0.338 e. The molecular weight excluding hydrogens is 308 g/mol. The number of esters is 2. The van der Waals surface area contributed by atoms with Crippen molar-refractivity contribution in [2.24, 2.45) is 16.6 Å². The summed E-state index contributed by atoms with van der Waals surface area (Å²) in [6, 6.07) is 0. The fourth-order valence-electron chi connectivity index (χ4n) is 2.49. The van der Waals surface area contributed by atoms with Crippen molar-refractivity contribution in [2.75, 3.05) is 6.61 Å². The van der Waals surface area contributed by atoms with Crippen LogP contribution in [-0.4, -0.2) is 35.9 Å². The first-order valence-electron chi connectivity index (χ1n) is 8.24. The Morgan fingerprint density at radius 1 is 1.33 bits per heavy atom. The van der Waals surface area contributed by atoms with Gasteiger partial charge in [0.05, 0.1) is 13.0 Å². The number of ether oxygens (including phenoxy) is 2. The van der Waals surface area contributed by atoms with Crippen LogP contribution in [0.3, 0.4) is 0 Å². The maximum atomic E-state index is 12.9. The number of hydrogen-bond acceptors (Lipinski definition) is 6. The van der Waals surface area contributed by atoms with E-state index >= 15 is 0 Å². The van der Waals surface area contributed by atoms with Gasteiger partial charge in [-0.2, -0.15) is 0 Å². The minimum atomic E-state index is -1.30. The fraction of sp³-hybridized carbons (Fsp3) is 0.611. The average molecular weight is 336 g/mol. The molecule has 0 saturated heterocycles. The van der Waals surface area contributed by atoms with Gasteiger partial charge in [0.25, 0.3) is 0 Å². The van der Waals surface area contributed by atoms with E-state index in [1.165, 1.54) is 6.21 Å². The zero-order valence-electron chi connectivity index (χ0n) is 15.2. The molecular formula is C18H28N2O4. The van der Waals surface area contributed by atoms with E-state index in [0.29, 0.717) is 18.7 Å². The molecule has 6 heteroatoms. The molecule has 0 aromatic rings. The largest absolute Gasteiger partial charge is 0.466 e. The van der Waals surface area contributed by atoms with Gasteiger partial charge in [-0.1, -0.05) is 6.92 Å². The lowest BCUT2D eigenvalue weighted by atomic mass is 9.79. The molecule has 24 heavy (non-hydrogen) atoms. The maximum absolute atomic E-state index is 12.9. The number of aliphatic imine (C=N–C) groups is 1. The zero-order valence-corrected chi connectivity index (χ0v) is 15.2. The van der Waals surface area contributed by atoms with Crippen LogP contribution in [0.1, 0.15) is 47.5 Å². The lowest BCUT2D eigenvalue weighted by Crippen LogP contribution is -2.47. The van der Waals surface area contributed by atoms with Crippen LogP contribution in [0, 0.1) is 5.92 Å². The number of nitrogens with two attached hydrogens (primary N) is 1. The molecule has 0 saturated carbocycles. The summed E-state index contributed by atoms with van der Waals surface area (Å²) in [5.74, 6) is -1.25. The molecule has 0 fully saturated rings. The van der Waals surface area contributed by atoms with E-state index in [2.05, 4.69) is 4.99 Å². The molecule has 1 rings (SSSR count). The molecule has 0 aliphatic carbocycles. The van der Waals surface area contributed by atoms with Crippen LogP contribution < -0.4 is 5.73 Å². The fourth-order valence-corrected chi connectivity index (χ4v) is 2.49. The highest BCUT2D eigenvalue weighted by Crippen LogP contribution is 2.34. The second-order valence-electron chi connectivity index (χ2n) is 6.72. The van der Waals surface area contributed by atoms with E-state index < -0.39 is 23.0 Å². The van der Waals surface area contributed by atoms with E-state index in [1.807, 2.05) is 6.92 Å². The molecule has 1 heterocycles. The van der Waals surface area contributed by atoms with E-state index in [0.717, 1.165) is 0 Å². The number of carbonyl (C=O) groups is 2. The van der Waals surface area contributed by atoms with E-state index in [4.69, 9.17) is 15.2 Å². The van der Waals surface area contributed by atoms with E-state index in [1.54, 1.807) is 45.9 Å². The maximum Gasteiger partial charge on any atom is 0.338 e. The van der Waals surface area contributed by atoms with Crippen LogP contribution in [0.5, 0.6) is 0 Å². The van der Waals surface area contributed by atoms with Crippen molar-refractivity contribution in [1.82, 2.24) is 0 Å². The highest BCUT2D eigenvalue weighted by Gasteiger charge is 2.46. The number of allylic oxidation sites excluding steroid dienone is 2. The van der Waals surface area contributed by atoms with Gasteiger partial charge in [0.15, 0.2) is 5.54 Å². The molecule has 2 atom stereocenters. The molecule has 1 aliphatic heterocycles. The van der Waals surface area contributed by atoms with Crippen molar-refractivity contribution in [3.05, 3.63) is 23.9 Å². The third-order valence-electron chi connectivity index (χ3n) is 3.64. The summed E-state index contributed by atoms with van der Waals surface area (Å²) in [6.45, 7) is 9.32. The van der Waals surface area contributed by atoms with Crippen molar-refractivity contribution >= 4 is 18.2 Å². The van der Waals surface area contributed by atoms with Crippen LogP contribution in [0.4, 0.5) is 0 Å². The Labute approximate surface area is 143 Å². The van der Waals surface area contributed by atoms with Gasteiger partial charge in [0, 0.05) is 17.8 Å². The van der Waals surface area contributed by atoms with Crippen molar-refractivity contribution < 1.29 is 19.1 Å². The van der Waals surface area contributed by atoms with E-state index in [-0.39, 0.29) is 12.4 Å². The van der Waals surface area contributed by atoms with Crippen LogP contribution in [0.15, 0.2) is 28.9 Å². The van der Waals surface area contributed by atoms with Crippen molar-refractivity contribution in [2.45, 2.75) is 58.6 Å². The molecule has 2 N–H and O–H groups in total. The van der Waals surface area contributed by atoms with Crippen molar-refractivity contribution in [1.29, 1.82) is 0 Å². The Balaban J connectivity index is 3.24. The van der Waals surface area contributed by atoms with Gasteiger partial charge in [0.2, 0.25) is 0 Å².